The summed E-state index contributed by atoms with van der Waals surface area (Å²) in [6.07, 6.45) is 6.72. The zero-order chi connectivity index (χ0) is 14.6. The van der Waals surface area contributed by atoms with E-state index < -0.39 is 15.6 Å². The summed E-state index contributed by atoms with van der Waals surface area (Å²) in [4.78, 5) is -0.350. The van der Waals surface area contributed by atoms with Gasteiger partial charge in [-0.1, -0.05) is 11.6 Å². The SMILES string of the molecule is O=S(=O)(c1ccc(NCCC2=CCCC2)cc1)C(F)F. The number of hydrogen-bond acceptors (Lipinski definition) is 3. The molecule has 1 N–H and O–H groups in total. The third-order valence-electron chi connectivity index (χ3n) is 3.33. The number of alkyl halides is 2. The molecule has 6 heteroatoms. The summed E-state index contributed by atoms with van der Waals surface area (Å²) in [5.74, 6) is -3.38. The number of nitrogens with one attached hydrogen (secondary N) is 1. The highest BCUT2D eigenvalue weighted by Gasteiger charge is 2.26. The maximum atomic E-state index is 12.4. The van der Waals surface area contributed by atoms with Crippen LogP contribution in [0.2, 0.25) is 0 Å². The third-order valence-corrected chi connectivity index (χ3v) is 4.73. The Labute approximate surface area is 117 Å². The second-order valence-corrected chi connectivity index (χ2v) is 6.68. The number of allylic oxidation sites excluding steroid dienone is 1. The van der Waals surface area contributed by atoms with Crippen LogP contribution >= 0.6 is 0 Å². The minimum atomic E-state index is -4.50. The molecule has 110 valence electrons. The summed E-state index contributed by atoms with van der Waals surface area (Å²) in [5, 5.41) is 3.16. The Balaban J connectivity index is 1.91. The van der Waals surface area contributed by atoms with E-state index in [1.165, 1.54) is 36.3 Å². The summed E-state index contributed by atoms with van der Waals surface area (Å²) < 4.78 is 47.2. The van der Waals surface area contributed by atoms with Crippen LogP contribution in [-0.2, 0) is 9.84 Å². The molecular formula is C14H17F2NO2S. The molecule has 1 aliphatic carbocycles. The molecule has 0 aliphatic heterocycles. The van der Waals surface area contributed by atoms with Gasteiger partial charge in [0, 0.05) is 12.2 Å². The Morgan fingerprint density at radius 1 is 1.20 bits per heavy atom. The van der Waals surface area contributed by atoms with E-state index >= 15 is 0 Å². The summed E-state index contributed by atoms with van der Waals surface area (Å²) >= 11 is 0. The molecule has 1 aromatic rings. The lowest BCUT2D eigenvalue weighted by atomic mass is 10.1. The molecule has 0 bridgehead atoms. The Hall–Kier alpha value is -1.43. The fourth-order valence-electron chi connectivity index (χ4n) is 2.20. The molecule has 0 atom stereocenters. The van der Waals surface area contributed by atoms with Crippen molar-refractivity contribution in [2.75, 3.05) is 11.9 Å². The van der Waals surface area contributed by atoms with E-state index in [9.17, 15) is 17.2 Å². The van der Waals surface area contributed by atoms with Crippen molar-refractivity contribution in [1.82, 2.24) is 0 Å². The lowest BCUT2D eigenvalue weighted by molar-refractivity contribution is 0.234. The molecule has 20 heavy (non-hydrogen) atoms. The van der Waals surface area contributed by atoms with Crippen molar-refractivity contribution in [2.24, 2.45) is 0 Å². The molecule has 0 radical (unpaired) electrons. The quantitative estimate of drug-likeness (QED) is 0.817. The fourth-order valence-corrected chi connectivity index (χ4v) is 2.92. The number of benzene rings is 1. The molecule has 0 spiro atoms. The van der Waals surface area contributed by atoms with Crippen LogP contribution in [0.4, 0.5) is 14.5 Å². The summed E-state index contributed by atoms with van der Waals surface area (Å²) in [7, 11) is -4.50. The molecule has 1 aromatic carbocycles. The minimum Gasteiger partial charge on any atom is -0.385 e. The van der Waals surface area contributed by atoms with Crippen molar-refractivity contribution in [1.29, 1.82) is 0 Å². The van der Waals surface area contributed by atoms with E-state index in [-0.39, 0.29) is 4.90 Å². The molecule has 0 amide bonds. The van der Waals surface area contributed by atoms with Gasteiger partial charge in [0.15, 0.2) is 0 Å². The van der Waals surface area contributed by atoms with Crippen LogP contribution in [0.3, 0.4) is 0 Å². The average molecular weight is 301 g/mol. The van der Waals surface area contributed by atoms with E-state index in [0.29, 0.717) is 0 Å². The molecule has 0 saturated heterocycles. The molecule has 0 unspecified atom stereocenters. The molecule has 2 rings (SSSR count). The first-order valence-electron chi connectivity index (χ1n) is 6.54. The zero-order valence-corrected chi connectivity index (χ0v) is 11.8. The van der Waals surface area contributed by atoms with Gasteiger partial charge in [-0.15, -0.1) is 0 Å². The van der Waals surface area contributed by atoms with Gasteiger partial charge >= 0.3 is 5.76 Å². The van der Waals surface area contributed by atoms with Crippen molar-refractivity contribution in [3.8, 4) is 0 Å². The molecular weight excluding hydrogens is 284 g/mol. The lowest BCUT2D eigenvalue weighted by Crippen LogP contribution is -2.11. The van der Waals surface area contributed by atoms with Gasteiger partial charge in [0.25, 0.3) is 0 Å². The minimum absolute atomic E-state index is 0.350. The standard InChI is InChI=1S/C14H17F2NO2S/c15-14(16)20(18,19)13-7-5-12(6-8-13)17-10-9-11-3-1-2-4-11/h3,5-8,14,17H,1-2,4,9-10H2. The highest BCUT2D eigenvalue weighted by Crippen LogP contribution is 2.22. The Kier molecular flexibility index (Phi) is 4.75. The van der Waals surface area contributed by atoms with Gasteiger partial charge in [-0.2, -0.15) is 8.78 Å². The van der Waals surface area contributed by atoms with Gasteiger partial charge in [0.1, 0.15) is 0 Å². The Morgan fingerprint density at radius 2 is 1.90 bits per heavy atom. The molecule has 1 aliphatic rings. The topological polar surface area (TPSA) is 46.2 Å². The monoisotopic (exact) mass is 301 g/mol. The van der Waals surface area contributed by atoms with Crippen molar-refractivity contribution >= 4 is 15.5 Å². The molecule has 0 fully saturated rings. The van der Waals surface area contributed by atoms with Gasteiger partial charge in [0.05, 0.1) is 4.90 Å². The van der Waals surface area contributed by atoms with Gasteiger partial charge in [-0.25, -0.2) is 8.42 Å². The average Bonchev–Trinajstić information content (AvgIpc) is 2.92. The van der Waals surface area contributed by atoms with Crippen LogP contribution in [-0.4, -0.2) is 20.7 Å². The highest BCUT2D eigenvalue weighted by molar-refractivity contribution is 7.91. The van der Waals surface area contributed by atoms with Crippen LogP contribution in [0.25, 0.3) is 0 Å². The smallest absolute Gasteiger partial charge is 0.341 e. The van der Waals surface area contributed by atoms with Crippen LogP contribution in [0.1, 0.15) is 25.7 Å². The van der Waals surface area contributed by atoms with Crippen LogP contribution in [0.5, 0.6) is 0 Å². The second-order valence-electron chi connectivity index (χ2n) is 4.76. The summed E-state index contributed by atoms with van der Waals surface area (Å²) in [5.41, 5.74) is 2.17. The largest absolute Gasteiger partial charge is 0.385 e. The van der Waals surface area contributed by atoms with Crippen molar-refractivity contribution < 1.29 is 17.2 Å². The van der Waals surface area contributed by atoms with Crippen molar-refractivity contribution in [3.05, 3.63) is 35.9 Å². The first kappa shape index (κ1) is 15.0. The van der Waals surface area contributed by atoms with Crippen molar-refractivity contribution in [2.45, 2.75) is 36.3 Å². The highest BCUT2D eigenvalue weighted by atomic mass is 32.2. The molecule has 3 nitrogen and oxygen atoms in total. The first-order valence-corrected chi connectivity index (χ1v) is 8.08. The van der Waals surface area contributed by atoms with E-state index in [4.69, 9.17) is 0 Å². The van der Waals surface area contributed by atoms with Gasteiger partial charge in [-0.3, -0.25) is 0 Å². The third kappa shape index (κ3) is 3.56. The molecule has 0 saturated carbocycles. The molecule has 0 heterocycles. The van der Waals surface area contributed by atoms with Crippen LogP contribution in [0.15, 0.2) is 40.8 Å². The van der Waals surface area contributed by atoms with Gasteiger partial charge in [-0.05, 0) is 49.9 Å². The van der Waals surface area contributed by atoms with E-state index in [1.54, 1.807) is 0 Å². The Morgan fingerprint density at radius 3 is 2.45 bits per heavy atom. The number of rotatable bonds is 6. The maximum absolute atomic E-state index is 12.4. The fraction of sp³-hybridized carbons (Fsp3) is 0.429. The van der Waals surface area contributed by atoms with Gasteiger partial charge < -0.3 is 5.32 Å². The number of hydrogen-bond donors (Lipinski definition) is 1. The van der Waals surface area contributed by atoms with E-state index in [1.807, 2.05) is 0 Å². The van der Waals surface area contributed by atoms with Crippen molar-refractivity contribution in [3.63, 3.8) is 0 Å². The second kappa shape index (κ2) is 6.35. The zero-order valence-electron chi connectivity index (χ0n) is 11.0. The number of sulfone groups is 1. The molecule has 0 aromatic heterocycles. The van der Waals surface area contributed by atoms with Crippen LogP contribution < -0.4 is 5.32 Å². The van der Waals surface area contributed by atoms with Gasteiger partial charge in [0.2, 0.25) is 9.84 Å². The normalized spacial score (nSPS) is 15.4. The number of anilines is 1. The first-order chi connectivity index (χ1) is 9.50. The summed E-state index contributed by atoms with van der Waals surface area (Å²) in [6.45, 7) is 0.757. The predicted molar refractivity (Wildman–Crippen MR) is 74.7 cm³/mol. The number of halogens is 2. The summed E-state index contributed by atoms with van der Waals surface area (Å²) in [6, 6.07) is 5.44. The van der Waals surface area contributed by atoms with Crippen LogP contribution in [0, 0.1) is 0 Å². The maximum Gasteiger partial charge on any atom is 0.341 e. The lowest BCUT2D eigenvalue weighted by Gasteiger charge is -2.08. The Bertz CT molecular complexity index is 580. The van der Waals surface area contributed by atoms with E-state index in [0.717, 1.165) is 31.5 Å². The predicted octanol–water partition coefficient (Wildman–Crippen LogP) is 3.60. The van der Waals surface area contributed by atoms with E-state index in [2.05, 4.69) is 11.4 Å².